The summed E-state index contributed by atoms with van der Waals surface area (Å²) in [6, 6.07) is 4.36. The smallest absolute Gasteiger partial charge is 0.300 e. The number of aromatic nitrogens is 1. The van der Waals surface area contributed by atoms with Crippen LogP contribution in [0.1, 0.15) is 49.4 Å². The highest BCUT2D eigenvalue weighted by atomic mass is 19.3. The lowest BCUT2D eigenvalue weighted by Crippen LogP contribution is -2.29. The number of hydrogen-bond donors (Lipinski definition) is 1. The van der Waals surface area contributed by atoms with Gasteiger partial charge in [-0.1, -0.05) is 56.2 Å². The van der Waals surface area contributed by atoms with Gasteiger partial charge in [-0.05, 0) is 37.1 Å². The fraction of sp³-hybridized carbons (Fsp3) is 0.417. The predicted octanol–water partition coefficient (Wildman–Crippen LogP) is 6.22. The van der Waals surface area contributed by atoms with Gasteiger partial charge in [0.2, 0.25) is 0 Å². The van der Waals surface area contributed by atoms with E-state index in [0.717, 1.165) is 17.1 Å². The van der Waals surface area contributed by atoms with Gasteiger partial charge in [0.15, 0.2) is 6.67 Å². The molecule has 156 valence electrons. The summed E-state index contributed by atoms with van der Waals surface area (Å²) in [5.74, 6) is -3.83. The van der Waals surface area contributed by atoms with Gasteiger partial charge in [0.25, 0.3) is 0 Å². The van der Waals surface area contributed by atoms with Crippen LogP contribution >= 0.6 is 0 Å². The summed E-state index contributed by atoms with van der Waals surface area (Å²) in [5.41, 5.74) is 2.40. The van der Waals surface area contributed by atoms with Gasteiger partial charge in [-0.15, -0.1) is 0 Å². The van der Waals surface area contributed by atoms with Gasteiger partial charge in [0, 0.05) is 41.7 Å². The van der Waals surface area contributed by atoms with E-state index in [9.17, 15) is 13.2 Å². The molecule has 1 aromatic heterocycles. The van der Waals surface area contributed by atoms with Crippen molar-refractivity contribution in [2.45, 2.75) is 50.0 Å². The van der Waals surface area contributed by atoms with E-state index < -0.39 is 12.6 Å². The molecule has 29 heavy (non-hydrogen) atoms. The third-order valence-electron chi connectivity index (χ3n) is 5.65. The van der Waals surface area contributed by atoms with Crippen LogP contribution in [0.4, 0.5) is 13.2 Å². The lowest BCUT2D eigenvalue weighted by atomic mass is 9.95. The second-order valence-electron chi connectivity index (χ2n) is 7.81. The van der Waals surface area contributed by atoms with Crippen molar-refractivity contribution in [2.24, 2.45) is 7.05 Å². The zero-order chi connectivity index (χ0) is 20.9. The van der Waals surface area contributed by atoms with Gasteiger partial charge >= 0.3 is 5.92 Å². The van der Waals surface area contributed by atoms with Crippen LogP contribution in [0.25, 0.3) is 6.08 Å². The summed E-state index contributed by atoms with van der Waals surface area (Å²) in [7, 11) is 1.90. The maximum atomic E-state index is 13.9. The first kappa shape index (κ1) is 21.3. The lowest BCUT2D eigenvalue weighted by Gasteiger charge is -2.23. The van der Waals surface area contributed by atoms with E-state index in [0.29, 0.717) is 6.04 Å². The molecule has 0 aromatic carbocycles. The molecule has 2 nitrogen and oxygen atoms in total. The van der Waals surface area contributed by atoms with Crippen LogP contribution < -0.4 is 5.32 Å². The fourth-order valence-electron chi connectivity index (χ4n) is 3.94. The molecule has 1 fully saturated rings. The second-order valence-corrected chi connectivity index (χ2v) is 7.81. The van der Waals surface area contributed by atoms with Crippen LogP contribution in [-0.4, -0.2) is 23.2 Å². The molecule has 1 atom stereocenters. The molecule has 0 radical (unpaired) electrons. The Morgan fingerprint density at radius 1 is 1.24 bits per heavy atom. The van der Waals surface area contributed by atoms with Crippen molar-refractivity contribution >= 4 is 6.08 Å². The highest BCUT2D eigenvalue weighted by Crippen LogP contribution is 2.32. The molecule has 2 aliphatic rings. The fourth-order valence-corrected chi connectivity index (χ4v) is 3.94. The Balaban J connectivity index is 1.73. The minimum Gasteiger partial charge on any atom is -0.383 e. The van der Waals surface area contributed by atoms with E-state index in [2.05, 4.69) is 11.9 Å². The molecule has 2 aliphatic carbocycles. The largest absolute Gasteiger partial charge is 0.383 e. The number of alkyl halides is 3. The molecular formula is C24H29F3N2. The number of rotatable bonds is 7. The van der Waals surface area contributed by atoms with Gasteiger partial charge in [-0.2, -0.15) is 8.78 Å². The van der Waals surface area contributed by atoms with Crippen LogP contribution in [0.5, 0.6) is 0 Å². The molecule has 1 N–H and O–H groups in total. The SMILES string of the molecule is C=C(/C=C\c1ccc(C2C=CC=CC(C(F)(F)CF)=C2)n1C)NC1CCCCC1. The maximum absolute atomic E-state index is 13.9. The molecular weight excluding hydrogens is 373 g/mol. The highest BCUT2D eigenvalue weighted by Gasteiger charge is 2.33. The summed E-state index contributed by atoms with van der Waals surface area (Å²) >= 11 is 0. The number of halogens is 3. The molecule has 0 bridgehead atoms. The van der Waals surface area contributed by atoms with Gasteiger partial charge in [0.05, 0.1) is 0 Å². The summed E-state index contributed by atoms with van der Waals surface area (Å²) < 4.78 is 42.5. The molecule has 0 spiro atoms. The van der Waals surface area contributed by atoms with Crippen LogP contribution in [0, 0.1) is 0 Å². The van der Waals surface area contributed by atoms with E-state index in [1.807, 2.05) is 42.0 Å². The molecule has 1 saturated carbocycles. The highest BCUT2D eigenvalue weighted by molar-refractivity contribution is 5.52. The first-order chi connectivity index (χ1) is 13.9. The maximum Gasteiger partial charge on any atom is 0.300 e. The normalized spacial score (nSPS) is 20.7. The molecule has 1 heterocycles. The summed E-state index contributed by atoms with van der Waals surface area (Å²) in [6.45, 7) is 2.39. The first-order valence-electron chi connectivity index (χ1n) is 10.2. The average molecular weight is 403 g/mol. The zero-order valence-electron chi connectivity index (χ0n) is 16.9. The number of allylic oxidation sites excluding steroid dienone is 7. The molecule has 1 unspecified atom stereocenters. The summed E-state index contributed by atoms with van der Waals surface area (Å²) in [5, 5.41) is 3.48. The molecule has 0 saturated heterocycles. The van der Waals surface area contributed by atoms with Crippen molar-refractivity contribution in [2.75, 3.05) is 6.67 Å². The van der Waals surface area contributed by atoms with Crippen molar-refractivity contribution in [1.82, 2.24) is 9.88 Å². The Hall–Kier alpha value is -2.43. The molecule has 0 aliphatic heterocycles. The van der Waals surface area contributed by atoms with E-state index in [1.165, 1.54) is 50.3 Å². The lowest BCUT2D eigenvalue weighted by molar-refractivity contribution is 0.0185. The minimum absolute atomic E-state index is 0.293. The molecule has 5 heteroatoms. The Labute approximate surface area is 171 Å². The monoisotopic (exact) mass is 402 g/mol. The topological polar surface area (TPSA) is 17.0 Å². The van der Waals surface area contributed by atoms with Crippen molar-refractivity contribution in [3.63, 3.8) is 0 Å². The van der Waals surface area contributed by atoms with Crippen LogP contribution in [0.2, 0.25) is 0 Å². The summed E-state index contributed by atoms with van der Waals surface area (Å²) in [4.78, 5) is 0. The quantitative estimate of drug-likeness (QED) is 0.536. The van der Waals surface area contributed by atoms with E-state index in [1.54, 1.807) is 6.08 Å². The van der Waals surface area contributed by atoms with Gasteiger partial charge < -0.3 is 9.88 Å². The van der Waals surface area contributed by atoms with Crippen molar-refractivity contribution < 1.29 is 13.2 Å². The third kappa shape index (κ3) is 5.34. The van der Waals surface area contributed by atoms with Crippen molar-refractivity contribution in [3.8, 4) is 0 Å². The predicted molar refractivity (Wildman–Crippen MR) is 114 cm³/mol. The van der Waals surface area contributed by atoms with Crippen molar-refractivity contribution in [1.29, 1.82) is 0 Å². The average Bonchev–Trinajstić information content (AvgIpc) is 2.92. The van der Waals surface area contributed by atoms with Crippen LogP contribution in [-0.2, 0) is 7.05 Å². The van der Waals surface area contributed by atoms with Crippen molar-refractivity contribution in [3.05, 3.63) is 77.8 Å². The molecule has 1 aromatic rings. The molecule has 3 rings (SSSR count). The van der Waals surface area contributed by atoms with E-state index >= 15 is 0 Å². The number of hydrogen-bond acceptors (Lipinski definition) is 1. The molecule has 0 amide bonds. The second kappa shape index (κ2) is 9.38. The number of nitrogens with one attached hydrogen (secondary N) is 1. The van der Waals surface area contributed by atoms with Crippen LogP contribution in [0.15, 0.2) is 66.4 Å². The minimum atomic E-state index is -3.48. The summed E-state index contributed by atoms with van der Waals surface area (Å²) in [6.07, 6.45) is 17.9. The zero-order valence-corrected chi connectivity index (χ0v) is 16.9. The Bertz CT molecular complexity index is 836. The van der Waals surface area contributed by atoms with Gasteiger partial charge in [-0.25, -0.2) is 4.39 Å². The Morgan fingerprint density at radius 2 is 2.00 bits per heavy atom. The van der Waals surface area contributed by atoms with E-state index in [4.69, 9.17) is 0 Å². The Morgan fingerprint density at radius 3 is 2.72 bits per heavy atom. The third-order valence-corrected chi connectivity index (χ3v) is 5.65. The van der Waals surface area contributed by atoms with Gasteiger partial charge in [-0.3, -0.25) is 0 Å². The Kier molecular flexibility index (Phi) is 6.88. The first-order valence-corrected chi connectivity index (χ1v) is 10.2. The van der Waals surface area contributed by atoms with Gasteiger partial charge in [0.1, 0.15) is 0 Å². The number of nitrogens with zero attached hydrogens (tertiary/aromatic N) is 1. The van der Waals surface area contributed by atoms with Crippen LogP contribution in [0.3, 0.4) is 0 Å². The van der Waals surface area contributed by atoms with E-state index in [-0.39, 0.29) is 11.5 Å². The standard InChI is InChI=1S/C24H29F3N2/c1-18(28-21-10-4-3-5-11-21)12-13-22-14-15-23(29(22)2)19-8-6-7-9-20(16-19)24(26,27)17-25/h6-9,12-16,19,21,28H,1,3-5,10-11,17H2,2H3/b13-12-.